The summed E-state index contributed by atoms with van der Waals surface area (Å²) in [5.41, 5.74) is -0.140. The van der Waals surface area contributed by atoms with Gasteiger partial charge < -0.3 is 10.2 Å². The molecule has 0 radical (unpaired) electrons. The molecule has 0 unspecified atom stereocenters. The molecule has 0 saturated carbocycles. The number of nitrogens with one attached hydrogen (secondary N) is 1. The van der Waals surface area contributed by atoms with Crippen LogP contribution in [0, 0.1) is 11.3 Å². The fourth-order valence-electron chi connectivity index (χ4n) is 1.22. The van der Waals surface area contributed by atoms with E-state index in [-0.39, 0.29) is 16.5 Å². The van der Waals surface area contributed by atoms with Crippen LogP contribution >= 0.6 is 12.6 Å². The lowest BCUT2D eigenvalue weighted by atomic mass is 10.2. The lowest BCUT2D eigenvalue weighted by molar-refractivity contribution is -0.128. The molecule has 0 aromatic rings. The number of nitriles is 1. The van der Waals surface area contributed by atoms with Crippen LogP contribution in [0.5, 0.6) is 0 Å². The summed E-state index contributed by atoms with van der Waals surface area (Å²) in [6.45, 7) is 6.01. The van der Waals surface area contributed by atoms with Crippen molar-refractivity contribution < 1.29 is 9.59 Å². The molecule has 0 heterocycles. The third-order valence-corrected chi connectivity index (χ3v) is 2.54. The van der Waals surface area contributed by atoms with E-state index in [1.165, 1.54) is 4.90 Å². The number of thiol groups is 1. The van der Waals surface area contributed by atoms with Crippen LogP contribution in [-0.4, -0.2) is 29.8 Å². The monoisotopic (exact) mass is 255 g/mol. The van der Waals surface area contributed by atoms with Crippen molar-refractivity contribution in [2.75, 3.05) is 13.1 Å². The van der Waals surface area contributed by atoms with Gasteiger partial charge in [-0.3, -0.25) is 9.59 Å². The summed E-state index contributed by atoms with van der Waals surface area (Å²) >= 11 is 4.11. The van der Waals surface area contributed by atoms with Crippen LogP contribution in [0.4, 0.5) is 0 Å². The third kappa shape index (κ3) is 4.11. The largest absolute Gasteiger partial charge is 0.352 e. The van der Waals surface area contributed by atoms with E-state index in [4.69, 9.17) is 5.26 Å². The van der Waals surface area contributed by atoms with Gasteiger partial charge in [-0.15, -0.1) is 12.6 Å². The van der Waals surface area contributed by atoms with Gasteiger partial charge in [0.1, 0.15) is 11.6 Å². The first-order valence-electron chi connectivity index (χ1n) is 5.45. The maximum absolute atomic E-state index is 11.6. The summed E-state index contributed by atoms with van der Waals surface area (Å²) in [5.74, 6) is -0.683. The standard InChI is InChI=1S/C11H17N3O2S/c1-4-9(15)14(6-3)11(17)8(7-12)10(16)13-5-2/h17H,4-6H2,1-3H3,(H,13,16)/b11-8-. The minimum atomic E-state index is -0.512. The fraction of sp³-hybridized carbons (Fsp3) is 0.545. The molecule has 5 nitrogen and oxygen atoms in total. The van der Waals surface area contributed by atoms with E-state index in [2.05, 4.69) is 17.9 Å². The van der Waals surface area contributed by atoms with E-state index in [9.17, 15) is 9.59 Å². The Kier molecular flexibility index (Phi) is 7.06. The number of amides is 2. The summed E-state index contributed by atoms with van der Waals surface area (Å²) in [7, 11) is 0. The van der Waals surface area contributed by atoms with Gasteiger partial charge in [-0.1, -0.05) is 6.92 Å². The van der Waals surface area contributed by atoms with Crippen molar-refractivity contribution in [3.05, 3.63) is 10.6 Å². The molecule has 0 saturated heterocycles. The second kappa shape index (κ2) is 7.74. The summed E-state index contributed by atoms with van der Waals surface area (Å²) < 4.78 is 0. The summed E-state index contributed by atoms with van der Waals surface area (Å²) in [6.07, 6.45) is 0.298. The molecular weight excluding hydrogens is 238 g/mol. The van der Waals surface area contributed by atoms with Gasteiger partial charge in [0.15, 0.2) is 0 Å². The number of carbonyl (C=O) groups excluding carboxylic acids is 2. The molecule has 0 spiro atoms. The van der Waals surface area contributed by atoms with Gasteiger partial charge in [0.25, 0.3) is 5.91 Å². The zero-order chi connectivity index (χ0) is 13.4. The molecule has 0 aromatic heterocycles. The minimum Gasteiger partial charge on any atom is -0.352 e. The topological polar surface area (TPSA) is 73.2 Å². The second-order valence-corrected chi connectivity index (χ2v) is 3.59. The van der Waals surface area contributed by atoms with Gasteiger partial charge in [-0.05, 0) is 13.8 Å². The number of likely N-dealkylation sites (N-methyl/N-ethyl adjacent to an activating group) is 1. The number of rotatable bonds is 5. The normalized spacial score (nSPS) is 11.2. The maximum atomic E-state index is 11.6. The van der Waals surface area contributed by atoms with Gasteiger partial charge in [-0.2, -0.15) is 5.26 Å². The Bertz CT molecular complexity index is 371. The molecule has 0 aliphatic carbocycles. The molecular formula is C11H17N3O2S. The molecule has 94 valence electrons. The molecule has 17 heavy (non-hydrogen) atoms. The molecule has 0 fully saturated rings. The van der Waals surface area contributed by atoms with Crippen molar-refractivity contribution >= 4 is 24.4 Å². The molecule has 0 aromatic carbocycles. The third-order valence-electron chi connectivity index (χ3n) is 2.08. The molecule has 0 atom stereocenters. The van der Waals surface area contributed by atoms with Crippen LogP contribution in [0.25, 0.3) is 0 Å². The van der Waals surface area contributed by atoms with Gasteiger partial charge >= 0.3 is 0 Å². The predicted octanol–water partition coefficient (Wildman–Crippen LogP) is 1.05. The van der Waals surface area contributed by atoms with Crippen molar-refractivity contribution in [3.8, 4) is 6.07 Å². The highest BCUT2D eigenvalue weighted by molar-refractivity contribution is 7.84. The molecule has 0 rings (SSSR count). The Morgan fingerprint density at radius 2 is 1.94 bits per heavy atom. The zero-order valence-electron chi connectivity index (χ0n) is 10.3. The van der Waals surface area contributed by atoms with E-state index in [1.54, 1.807) is 26.8 Å². The molecule has 1 N–H and O–H groups in total. The first-order valence-corrected chi connectivity index (χ1v) is 5.89. The van der Waals surface area contributed by atoms with E-state index >= 15 is 0 Å². The highest BCUT2D eigenvalue weighted by Crippen LogP contribution is 2.15. The molecule has 0 bridgehead atoms. The molecule has 6 heteroatoms. The number of nitrogens with zero attached hydrogens (tertiary/aromatic N) is 2. The van der Waals surface area contributed by atoms with Gasteiger partial charge in [0.2, 0.25) is 5.91 Å². The minimum absolute atomic E-state index is 0.104. The second-order valence-electron chi connectivity index (χ2n) is 3.16. The summed E-state index contributed by atoms with van der Waals surface area (Å²) in [4.78, 5) is 24.5. The maximum Gasteiger partial charge on any atom is 0.264 e. The lowest BCUT2D eigenvalue weighted by Gasteiger charge is -2.21. The van der Waals surface area contributed by atoms with E-state index < -0.39 is 5.91 Å². The van der Waals surface area contributed by atoms with Crippen LogP contribution in [0.1, 0.15) is 27.2 Å². The van der Waals surface area contributed by atoms with E-state index in [0.29, 0.717) is 19.5 Å². The number of hydrogen-bond acceptors (Lipinski definition) is 4. The average Bonchev–Trinajstić information content (AvgIpc) is 2.31. The Labute approximate surface area is 107 Å². The van der Waals surface area contributed by atoms with Crippen molar-refractivity contribution in [1.82, 2.24) is 10.2 Å². The quantitative estimate of drug-likeness (QED) is 0.438. The van der Waals surface area contributed by atoms with Crippen LogP contribution in [0.3, 0.4) is 0 Å². The van der Waals surface area contributed by atoms with E-state index in [0.717, 1.165) is 0 Å². The van der Waals surface area contributed by atoms with Crippen LogP contribution in [0.15, 0.2) is 10.6 Å². The lowest BCUT2D eigenvalue weighted by Crippen LogP contribution is -2.32. The van der Waals surface area contributed by atoms with Gasteiger partial charge in [0, 0.05) is 19.5 Å². The molecule has 0 aliphatic heterocycles. The number of hydrogen-bond donors (Lipinski definition) is 2. The smallest absolute Gasteiger partial charge is 0.264 e. The first kappa shape index (κ1) is 15.5. The predicted molar refractivity (Wildman–Crippen MR) is 68.0 cm³/mol. The van der Waals surface area contributed by atoms with Crippen LogP contribution in [0.2, 0.25) is 0 Å². The molecule has 2 amide bonds. The molecule has 0 aliphatic rings. The van der Waals surface area contributed by atoms with Gasteiger partial charge in [-0.25, -0.2) is 0 Å². The highest BCUT2D eigenvalue weighted by Gasteiger charge is 2.20. The average molecular weight is 255 g/mol. The Morgan fingerprint density at radius 3 is 2.29 bits per heavy atom. The SMILES string of the molecule is CCNC(=O)/C(C#N)=C(\S)N(CC)C(=O)CC. The summed E-state index contributed by atoms with van der Waals surface area (Å²) in [5, 5.41) is 11.5. The zero-order valence-corrected chi connectivity index (χ0v) is 11.2. The Hall–Kier alpha value is -1.48. The Morgan fingerprint density at radius 1 is 1.35 bits per heavy atom. The van der Waals surface area contributed by atoms with Crippen molar-refractivity contribution in [3.63, 3.8) is 0 Å². The Balaban J connectivity index is 5.27. The van der Waals surface area contributed by atoms with Crippen molar-refractivity contribution in [2.45, 2.75) is 27.2 Å². The van der Waals surface area contributed by atoms with Crippen LogP contribution in [-0.2, 0) is 9.59 Å². The van der Waals surface area contributed by atoms with Crippen molar-refractivity contribution in [2.24, 2.45) is 0 Å². The first-order chi connectivity index (χ1) is 8.03. The van der Waals surface area contributed by atoms with Gasteiger partial charge in [0.05, 0.1) is 5.03 Å². The fourth-order valence-corrected chi connectivity index (χ4v) is 1.63. The highest BCUT2D eigenvalue weighted by atomic mass is 32.1. The van der Waals surface area contributed by atoms with Crippen molar-refractivity contribution in [1.29, 1.82) is 5.26 Å². The van der Waals surface area contributed by atoms with Crippen LogP contribution < -0.4 is 5.32 Å². The number of carbonyl (C=O) groups is 2. The van der Waals surface area contributed by atoms with E-state index in [1.807, 2.05) is 0 Å². The summed E-state index contributed by atoms with van der Waals surface area (Å²) in [6, 6.07) is 1.78.